The van der Waals surface area contributed by atoms with Crippen LogP contribution in [-0.4, -0.2) is 56.8 Å². The Balaban J connectivity index is 1.05. The van der Waals surface area contributed by atoms with Crippen LogP contribution in [0.15, 0.2) is 115 Å². The van der Waals surface area contributed by atoms with Crippen LogP contribution < -0.4 is 34.8 Å². The third kappa shape index (κ3) is 8.30. The van der Waals surface area contributed by atoms with Crippen LogP contribution in [0.5, 0.6) is 5.75 Å². The van der Waals surface area contributed by atoms with Crippen molar-refractivity contribution in [2.45, 2.75) is 71.5 Å². The maximum Gasteiger partial charge on any atom is 0.221 e. The lowest BCUT2D eigenvalue weighted by atomic mass is 9.95. The van der Waals surface area contributed by atoms with Crippen LogP contribution in [0.3, 0.4) is 0 Å². The predicted molar refractivity (Wildman–Crippen MR) is 223 cm³/mol. The lowest BCUT2D eigenvalue weighted by molar-refractivity contribution is -0.846. The van der Waals surface area contributed by atoms with Crippen molar-refractivity contribution in [3.8, 4) is 16.9 Å². The van der Waals surface area contributed by atoms with E-state index in [1.54, 1.807) is 11.0 Å². The fourth-order valence-electron chi connectivity index (χ4n) is 8.46. The first-order valence-electron chi connectivity index (χ1n) is 20.1. The summed E-state index contributed by atoms with van der Waals surface area (Å²) >= 11 is 6.21. The van der Waals surface area contributed by atoms with Crippen molar-refractivity contribution >= 4 is 46.2 Å². The van der Waals surface area contributed by atoms with Crippen LogP contribution in [0.2, 0.25) is 5.02 Å². The number of hydrogen-bond donors (Lipinski definition) is 2. The molecule has 4 aromatic carbocycles. The second-order valence-corrected chi connectivity index (χ2v) is 15.1. The standard InChI is InChI=1S/C46H52ClN5O4/c1-4-32(29-45-50(6-3)39-16-10-11-17-42(39)56-45)28-44-49(5-2)38-21-18-34(33-14-8-7-9-15-33)31-41(38)52(44)26-13-12-25-48-43(53)24-27-51-37-23-20-36(47)30-35(37)19-22-40(51)46(54)55/h7-11,14-18,20-21,23,28-31,40,44H,4-6,12-13,19,22,24-27H2,1-3H3,(H,48,53)(H,54,55)/b32-28+,45-29-. The number of fused-ring (bicyclic) bond motifs is 3. The molecule has 2 N–H and O–H groups in total. The Bertz CT molecular complexity index is 2100. The van der Waals surface area contributed by atoms with E-state index in [0.717, 1.165) is 67.5 Å². The minimum Gasteiger partial charge on any atom is -0.548 e. The molecule has 9 nitrogen and oxygen atoms in total. The summed E-state index contributed by atoms with van der Waals surface area (Å²) in [7, 11) is 0. The van der Waals surface area contributed by atoms with Gasteiger partial charge in [-0.25, -0.2) is 0 Å². The third-order valence-electron chi connectivity index (χ3n) is 11.3. The summed E-state index contributed by atoms with van der Waals surface area (Å²) in [5.74, 6) is 0.528. The lowest BCUT2D eigenvalue weighted by Gasteiger charge is -2.39. The van der Waals surface area contributed by atoms with Crippen LogP contribution in [0.1, 0.15) is 58.4 Å². The van der Waals surface area contributed by atoms with Gasteiger partial charge in [-0.3, -0.25) is 9.69 Å². The van der Waals surface area contributed by atoms with Crippen molar-refractivity contribution in [2.24, 2.45) is 0 Å². The minimum absolute atomic E-state index is 0.0836. The second kappa shape index (κ2) is 17.7. The molecule has 0 saturated heterocycles. The number of carboxylic acid groups (broad SMARTS) is 1. The number of aryl methyl sites for hydroxylation is 1. The molecule has 1 amide bonds. The summed E-state index contributed by atoms with van der Waals surface area (Å²) in [6.45, 7) is 9.98. The van der Waals surface area contributed by atoms with E-state index in [1.165, 1.54) is 33.0 Å². The predicted octanol–water partition coefficient (Wildman–Crippen LogP) is 6.64. The highest BCUT2D eigenvalue weighted by Gasteiger charge is 2.39. The number of hydrogen-bond acceptors (Lipinski definition) is 7. The first kappa shape index (κ1) is 39.0. The first-order chi connectivity index (χ1) is 27.3. The number of carbonyl (C=O) groups excluding carboxylic acids is 2. The monoisotopic (exact) mass is 773 g/mol. The fourth-order valence-corrected chi connectivity index (χ4v) is 8.65. The van der Waals surface area contributed by atoms with E-state index >= 15 is 0 Å². The number of carbonyl (C=O) groups is 2. The van der Waals surface area contributed by atoms with Crippen LogP contribution in [0, 0.1) is 0 Å². The quantitative estimate of drug-likeness (QED) is 0.131. The number of unbranched alkanes of at least 4 members (excludes halogenated alkanes) is 1. The van der Waals surface area contributed by atoms with Crippen molar-refractivity contribution < 1.29 is 24.3 Å². The molecule has 3 aliphatic heterocycles. The number of benzene rings is 4. The van der Waals surface area contributed by atoms with Gasteiger partial charge in [0.1, 0.15) is 5.69 Å². The number of amides is 1. The van der Waals surface area contributed by atoms with E-state index < -0.39 is 12.0 Å². The van der Waals surface area contributed by atoms with Gasteiger partial charge in [-0.15, -0.1) is 0 Å². The number of aliphatic carboxylic acids is 1. The van der Waals surface area contributed by atoms with Crippen molar-refractivity contribution in [3.05, 3.63) is 125 Å². The zero-order chi connectivity index (χ0) is 39.2. The summed E-state index contributed by atoms with van der Waals surface area (Å²) in [4.78, 5) is 33.0. The largest absolute Gasteiger partial charge is 0.548 e. The molecule has 7 rings (SSSR count). The van der Waals surface area contributed by atoms with Gasteiger partial charge in [-0.1, -0.05) is 67.1 Å². The van der Waals surface area contributed by atoms with E-state index in [1.807, 2.05) is 30.3 Å². The van der Waals surface area contributed by atoms with E-state index in [9.17, 15) is 14.7 Å². The highest BCUT2D eigenvalue weighted by molar-refractivity contribution is 6.30. The Morgan fingerprint density at radius 2 is 1.68 bits per heavy atom. The number of nitrogens with one attached hydrogen (secondary N) is 2. The molecule has 0 spiro atoms. The van der Waals surface area contributed by atoms with Crippen molar-refractivity contribution in [1.82, 2.24) is 5.32 Å². The topological polar surface area (TPSA) is 92.6 Å². The zero-order valence-electron chi connectivity index (χ0n) is 32.6. The first-order valence-corrected chi connectivity index (χ1v) is 20.5. The molecule has 4 aromatic rings. The van der Waals surface area contributed by atoms with Crippen LogP contribution in [0.4, 0.5) is 22.7 Å². The molecule has 3 unspecified atom stereocenters. The Hall–Kier alpha value is -5.25. The molecule has 56 heavy (non-hydrogen) atoms. The normalized spacial score (nSPS) is 19.4. The summed E-state index contributed by atoms with van der Waals surface area (Å²) in [6.07, 6.45) is 8.52. The molecule has 0 aromatic heterocycles. The second-order valence-electron chi connectivity index (χ2n) is 14.6. The van der Waals surface area contributed by atoms with Gasteiger partial charge in [0.05, 0.1) is 24.2 Å². The van der Waals surface area contributed by atoms with Gasteiger partial charge in [-0.05, 0) is 111 Å². The van der Waals surface area contributed by atoms with Crippen molar-refractivity contribution in [1.29, 1.82) is 0 Å². The summed E-state index contributed by atoms with van der Waals surface area (Å²) < 4.78 is 6.37. The SMILES string of the molecule is CCC(/C=C1\Oc2ccccc2N1CC)=C\C1N(CC)c2ccc(-c3ccccc3)cc2[NH+]1CCCCNC(=O)CCN1c2ccc(Cl)cc2CCC1C(=O)[O-]. The highest BCUT2D eigenvalue weighted by Crippen LogP contribution is 2.39. The number of anilines is 3. The van der Waals surface area contributed by atoms with E-state index in [-0.39, 0.29) is 18.5 Å². The number of allylic oxidation sites excluding steroid dienone is 2. The summed E-state index contributed by atoms with van der Waals surface area (Å²) in [5, 5.41) is 15.7. The number of quaternary nitrogens is 1. The van der Waals surface area contributed by atoms with E-state index in [0.29, 0.717) is 31.0 Å². The van der Waals surface area contributed by atoms with Crippen LogP contribution >= 0.6 is 11.6 Å². The molecule has 0 radical (unpaired) electrons. The van der Waals surface area contributed by atoms with Gasteiger partial charge in [0.25, 0.3) is 0 Å². The minimum atomic E-state index is -1.12. The maximum absolute atomic E-state index is 13.1. The van der Waals surface area contributed by atoms with Crippen molar-refractivity contribution in [3.63, 3.8) is 0 Å². The highest BCUT2D eigenvalue weighted by atomic mass is 35.5. The van der Waals surface area contributed by atoms with Gasteiger partial charge in [0.2, 0.25) is 11.8 Å². The van der Waals surface area contributed by atoms with E-state index in [2.05, 4.69) is 103 Å². The van der Waals surface area contributed by atoms with Crippen molar-refractivity contribution in [2.75, 3.05) is 47.4 Å². The average molecular weight is 774 g/mol. The number of likely N-dealkylation sites (N-methyl/N-ethyl adjacent to an activating group) is 1. The molecule has 0 saturated carbocycles. The molecule has 3 aliphatic rings. The molecule has 0 bridgehead atoms. The van der Waals surface area contributed by atoms with Gasteiger partial charge in [0.15, 0.2) is 17.6 Å². The van der Waals surface area contributed by atoms with E-state index in [4.69, 9.17) is 16.3 Å². The Kier molecular flexibility index (Phi) is 12.3. The smallest absolute Gasteiger partial charge is 0.221 e. The Morgan fingerprint density at radius 1 is 0.893 bits per heavy atom. The number of carboxylic acids is 1. The molecule has 10 heteroatoms. The molecule has 3 heterocycles. The number of halogens is 1. The van der Waals surface area contributed by atoms with Gasteiger partial charge < -0.3 is 34.7 Å². The molecular weight excluding hydrogens is 722 g/mol. The van der Waals surface area contributed by atoms with Gasteiger partial charge in [0, 0.05) is 55.5 Å². The fraction of sp³-hybridized carbons (Fsp3) is 0.348. The number of para-hydroxylation sites is 2. The average Bonchev–Trinajstić information content (AvgIpc) is 3.72. The molecule has 0 fully saturated rings. The molecule has 3 atom stereocenters. The Labute approximate surface area is 335 Å². The van der Waals surface area contributed by atoms with Gasteiger partial charge >= 0.3 is 0 Å². The summed E-state index contributed by atoms with van der Waals surface area (Å²) in [6, 6.07) is 30.3. The zero-order valence-corrected chi connectivity index (χ0v) is 33.4. The van der Waals surface area contributed by atoms with Gasteiger partial charge in [-0.2, -0.15) is 0 Å². The van der Waals surface area contributed by atoms with Crippen LogP contribution in [-0.2, 0) is 16.0 Å². The molecule has 292 valence electrons. The lowest BCUT2D eigenvalue weighted by Crippen LogP contribution is -3.11. The maximum atomic E-state index is 13.1. The molecular formula is C46H52ClN5O4. The van der Waals surface area contributed by atoms with Crippen LogP contribution in [0.25, 0.3) is 11.1 Å². The summed E-state index contributed by atoms with van der Waals surface area (Å²) in [5.41, 5.74) is 9.04. The number of nitrogens with zero attached hydrogens (tertiary/aromatic N) is 3. The number of rotatable bonds is 15. The Morgan fingerprint density at radius 3 is 2.45 bits per heavy atom. The number of ether oxygens (including phenoxy) is 1. The third-order valence-corrected chi connectivity index (χ3v) is 11.5. The molecule has 0 aliphatic carbocycles.